The van der Waals surface area contributed by atoms with Gasteiger partial charge in [0.1, 0.15) is 6.33 Å². The highest BCUT2D eigenvalue weighted by molar-refractivity contribution is 6.07. The van der Waals surface area contributed by atoms with Crippen LogP contribution in [0, 0.1) is 0 Å². The number of likely N-dealkylation sites (tertiary alicyclic amines) is 1. The molecule has 7 heteroatoms. The van der Waals surface area contributed by atoms with Crippen molar-refractivity contribution in [2.45, 2.75) is 18.3 Å². The second-order valence-corrected chi connectivity index (χ2v) is 7.29. The summed E-state index contributed by atoms with van der Waals surface area (Å²) in [5.41, 5.74) is 2.43. The number of hydrogen-bond donors (Lipinski definition) is 2. The van der Waals surface area contributed by atoms with Gasteiger partial charge in [0.05, 0.1) is 11.0 Å². The van der Waals surface area contributed by atoms with Crippen molar-refractivity contribution in [1.82, 2.24) is 20.1 Å². The number of hydrogen-bond acceptors (Lipinski definition) is 4. The van der Waals surface area contributed by atoms with Crippen molar-refractivity contribution < 1.29 is 9.59 Å². The molecule has 0 saturated carbocycles. The van der Waals surface area contributed by atoms with Crippen LogP contribution >= 0.6 is 0 Å². The summed E-state index contributed by atoms with van der Waals surface area (Å²) in [6.45, 7) is 1.00. The first-order valence-electron chi connectivity index (χ1n) is 9.34. The Morgan fingerprint density at radius 2 is 1.93 bits per heavy atom. The van der Waals surface area contributed by atoms with Gasteiger partial charge in [-0.25, -0.2) is 4.98 Å². The molecule has 0 bridgehead atoms. The summed E-state index contributed by atoms with van der Waals surface area (Å²) in [5.74, 6) is 0.442. The van der Waals surface area contributed by atoms with Gasteiger partial charge in [-0.3, -0.25) is 14.7 Å². The first-order chi connectivity index (χ1) is 13.7. The highest BCUT2D eigenvalue weighted by atomic mass is 16.2. The Labute approximate surface area is 161 Å². The lowest BCUT2D eigenvalue weighted by molar-refractivity contribution is -0.122. The number of piperidine rings is 1. The van der Waals surface area contributed by atoms with Crippen LogP contribution in [0.1, 0.15) is 28.8 Å². The van der Waals surface area contributed by atoms with Gasteiger partial charge in [0.15, 0.2) is 5.82 Å². The number of amides is 2. The van der Waals surface area contributed by atoms with E-state index in [0.29, 0.717) is 30.0 Å². The lowest BCUT2D eigenvalue weighted by Crippen LogP contribution is -2.51. The molecule has 1 aromatic heterocycles. The third-order valence-corrected chi connectivity index (χ3v) is 5.73. The first-order valence-corrected chi connectivity index (χ1v) is 9.34. The van der Waals surface area contributed by atoms with Gasteiger partial charge < -0.3 is 10.2 Å². The van der Waals surface area contributed by atoms with Gasteiger partial charge in [-0.15, -0.1) is 0 Å². The van der Waals surface area contributed by atoms with E-state index in [2.05, 4.69) is 20.5 Å². The topological polar surface area (TPSA) is 91.0 Å². The Bertz CT molecular complexity index is 1060. The number of fused-ring (bicyclic) bond motifs is 2. The zero-order chi connectivity index (χ0) is 19.1. The number of rotatable bonds is 2. The number of para-hydroxylation sites is 1. The maximum Gasteiger partial charge on any atom is 0.254 e. The second kappa shape index (κ2) is 6.30. The molecule has 0 unspecified atom stereocenters. The van der Waals surface area contributed by atoms with Crippen molar-refractivity contribution in [1.29, 1.82) is 0 Å². The van der Waals surface area contributed by atoms with Crippen LogP contribution in [-0.4, -0.2) is 45.0 Å². The number of aromatic amines is 1. The summed E-state index contributed by atoms with van der Waals surface area (Å²) in [6, 6.07) is 15.1. The third-order valence-electron chi connectivity index (χ3n) is 5.73. The average Bonchev–Trinajstić information content (AvgIpc) is 3.36. The van der Waals surface area contributed by atoms with E-state index >= 15 is 0 Å². The molecule has 1 spiro atoms. The zero-order valence-corrected chi connectivity index (χ0v) is 15.2. The molecule has 1 fully saturated rings. The number of carbonyl (C=O) groups excluding carboxylic acids is 2. The predicted molar refractivity (Wildman–Crippen MR) is 104 cm³/mol. The van der Waals surface area contributed by atoms with Crippen molar-refractivity contribution >= 4 is 17.5 Å². The predicted octanol–water partition coefficient (Wildman–Crippen LogP) is 2.60. The Morgan fingerprint density at radius 3 is 2.79 bits per heavy atom. The van der Waals surface area contributed by atoms with Gasteiger partial charge in [0.25, 0.3) is 5.91 Å². The van der Waals surface area contributed by atoms with Gasteiger partial charge in [0, 0.05) is 24.3 Å². The summed E-state index contributed by atoms with van der Waals surface area (Å²) < 4.78 is 0. The summed E-state index contributed by atoms with van der Waals surface area (Å²) in [4.78, 5) is 32.3. The summed E-state index contributed by atoms with van der Waals surface area (Å²) in [6.07, 6.45) is 2.94. The van der Waals surface area contributed by atoms with Gasteiger partial charge in [-0.1, -0.05) is 36.4 Å². The third kappa shape index (κ3) is 2.43. The van der Waals surface area contributed by atoms with Crippen LogP contribution in [0.5, 0.6) is 0 Å². The molecule has 0 radical (unpaired) electrons. The van der Waals surface area contributed by atoms with Crippen LogP contribution in [0.25, 0.3) is 11.4 Å². The molecule has 2 N–H and O–H groups in total. The molecule has 1 saturated heterocycles. The smallest absolute Gasteiger partial charge is 0.254 e. The molecule has 0 aliphatic carbocycles. The molecule has 28 heavy (non-hydrogen) atoms. The highest BCUT2D eigenvalue weighted by Gasteiger charge is 2.50. The minimum absolute atomic E-state index is 0.0188. The summed E-state index contributed by atoms with van der Waals surface area (Å²) >= 11 is 0. The summed E-state index contributed by atoms with van der Waals surface area (Å²) in [7, 11) is 0. The highest BCUT2D eigenvalue weighted by Crippen LogP contribution is 2.44. The number of benzene rings is 2. The number of nitrogens with zero attached hydrogens (tertiary/aromatic N) is 3. The Morgan fingerprint density at radius 1 is 1.11 bits per heavy atom. The van der Waals surface area contributed by atoms with E-state index in [4.69, 9.17) is 0 Å². The molecule has 140 valence electrons. The molecule has 3 aromatic rings. The minimum atomic E-state index is -0.675. The number of H-pyrrole nitrogens is 1. The number of carbonyl (C=O) groups is 2. The van der Waals surface area contributed by atoms with Crippen LogP contribution in [0.15, 0.2) is 54.9 Å². The average molecular weight is 373 g/mol. The monoisotopic (exact) mass is 373 g/mol. The number of nitrogens with one attached hydrogen (secondary N) is 2. The van der Waals surface area contributed by atoms with E-state index in [1.807, 2.05) is 42.5 Å². The molecule has 3 heterocycles. The molecular formula is C21H19N5O2. The largest absolute Gasteiger partial charge is 0.337 e. The van der Waals surface area contributed by atoms with Gasteiger partial charge in [0.2, 0.25) is 5.91 Å². The van der Waals surface area contributed by atoms with Crippen molar-refractivity contribution in [3.63, 3.8) is 0 Å². The van der Waals surface area contributed by atoms with Crippen LogP contribution in [0.2, 0.25) is 0 Å². The van der Waals surface area contributed by atoms with E-state index in [1.54, 1.807) is 11.0 Å². The van der Waals surface area contributed by atoms with Gasteiger partial charge in [-0.2, -0.15) is 5.10 Å². The molecule has 2 aromatic carbocycles. The zero-order valence-electron chi connectivity index (χ0n) is 15.2. The van der Waals surface area contributed by atoms with Crippen LogP contribution < -0.4 is 5.32 Å². The van der Waals surface area contributed by atoms with Crippen molar-refractivity contribution in [2.24, 2.45) is 0 Å². The van der Waals surface area contributed by atoms with Crippen LogP contribution in [-0.2, 0) is 10.2 Å². The number of aromatic nitrogens is 3. The standard InChI is InChI=1S/C21H19N5O2/c27-19(15-7-2-1-6-14(15)18-22-13-23-25-18)26-11-5-10-21(12-26)16-8-3-4-9-17(16)24-20(21)28/h1-4,6-9,13H,5,10-12H2,(H,24,28)(H,22,23,25)/t21-/m1/s1. The molecule has 2 aliphatic heterocycles. The number of anilines is 1. The summed E-state index contributed by atoms with van der Waals surface area (Å²) in [5, 5.41) is 9.71. The van der Waals surface area contributed by atoms with Gasteiger partial charge >= 0.3 is 0 Å². The molecule has 1 atom stereocenters. The Hall–Kier alpha value is -3.48. The van der Waals surface area contributed by atoms with Crippen LogP contribution in [0.4, 0.5) is 5.69 Å². The fourth-order valence-electron chi connectivity index (χ4n) is 4.39. The Kier molecular flexibility index (Phi) is 3.75. The SMILES string of the molecule is O=C(c1ccccc1-c1ncn[nH]1)N1CCC[C@]2(C1)C(=O)Nc1ccccc12. The maximum absolute atomic E-state index is 13.4. The molecule has 7 nitrogen and oxygen atoms in total. The maximum atomic E-state index is 13.4. The van der Waals surface area contributed by atoms with Crippen molar-refractivity contribution in [2.75, 3.05) is 18.4 Å². The Balaban J connectivity index is 1.51. The van der Waals surface area contributed by atoms with E-state index < -0.39 is 5.41 Å². The lowest BCUT2D eigenvalue weighted by Gasteiger charge is -2.39. The normalized spacial score (nSPS) is 20.9. The van der Waals surface area contributed by atoms with Crippen molar-refractivity contribution in [3.05, 3.63) is 66.0 Å². The fourth-order valence-corrected chi connectivity index (χ4v) is 4.39. The molecular weight excluding hydrogens is 354 g/mol. The van der Waals surface area contributed by atoms with E-state index in [-0.39, 0.29) is 11.8 Å². The lowest BCUT2D eigenvalue weighted by atomic mass is 9.75. The molecule has 2 aliphatic rings. The van der Waals surface area contributed by atoms with E-state index in [1.165, 1.54) is 6.33 Å². The van der Waals surface area contributed by atoms with Gasteiger partial charge in [-0.05, 0) is 30.5 Å². The molecule has 2 amide bonds. The first kappa shape index (κ1) is 16.7. The molecule has 5 rings (SSSR count). The van der Waals surface area contributed by atoms with Crippen LogP contribution in [0.3, 0.4) is 0 Å². The van der Waals surface area contributed by atoms with E-state index in [9.17, 15) is 9.59 Å². The van der Waals surface area contributed by atoms with E-state index in [0.717, 1.165) is 24.1 Å². The minimum Gasteiger partial charge on any atom is -0.337 e. The quantitative estimate of drug-likeness (QED) is 0.722. The fraction of sp³-hybridized carbons (Fsp3) is 0.238. The van der Waals surface area contributed by atoms with Crippen molar-refractivity contribution in [3.8, 4) is 11.4 Å². The second-order valence-electron chi connectivity index (χ2n) is 7.29.